The number of H-pyrrole nitrogens is 1. The molecule has 1 saturated carbocycles. The topological polar surface area (TPSA) is 160 Å². The summed E-state index contributed by atoms with van der Waals surface area (Å²) in [5.74, 6) is 1.31. The fourth-order valence-electron chi connectivity index (χ4n) is 6.67. The molecule has 3 aromatic heterocycles. The Morgan fingerprint density at radius 1 is 1.17 bits per heavy atom. The number of aliphatic hydroxyl groups is 2. The van der Waals surface area contributed by atoms with Crippen LogP contribution in [0.4, 0.5) is 5.82 Å². The predicted molar refractivity (Wildman–Crippen MR) is 152 cm³/mol. The Morgan fingerprint density at radius 3 is 2.76 bits per heavy atom. The fourth-order valence-corrected chi connectivity index (χ4v) is 6.67. The van der Waals surface area contributed by atoms with Crippen molar-refractivity contribution >= 4 is 28.0 Å². The molecule has 1 aliphatic carbocycles. The number of rotatable bonds is 5. The van der Waals surface area contributed by atoms with Crippen LogP contribution in [0.25, 0.3) is 22.2 Å². The standard InChI is InChI=1S/C29H38N8O4/c1-14-36(11-21-24(40-14)23(39)28(41-21)37-13-33-22-25(30)31-12-32-27(22)37)17-7-15(8-17)9-20(38)26-34-18-6-5-16(29(2,3)4)10-19(18)35-26/h5-6,10,12-15,17,20-21,23-24,28,38-39H,7-9,11H2,1-4H3,(H,34,35)(H2,30,31,32)/t14?,15?,17?,20?,21-,23-,24-,28-/m1/s1. The minimum Gasteiger partial charge on any atom is -0.386 e. The van der Waals surface area contributed by atoms with E-state index < -0.39 is 24.5 Å². The van der Waals surface area contributed by atoms with Crippen LogP contribution >= 0.6 is 0 Å². The maximum Gasteiger partial charge on any atom is 0.167 e. The first kappa shape index (κ1) is 26.7. The van der Waals surface area contributed by atoms with Gasteiger partial charge in [0.25, 0.3) is 0 Å². The molecule has 12 nitrogen and oxygen atoms in total. The third-order valence-electron chi connectivity index (χ3n) is 9.10. The van der Waals surface area contributed by atoms with E-state index in [-0.39, 0.29) is 23.6 Å². The summed E-state index contributed by atoms with van der Waals surface area (Å²) in [6.45, 7) is 9.25. The number of ether oxygens (including phenoxy) is 2. The van der Waals surface area contributed by atoms with Gasteiger partial charge in [-0.1, -0.05) is 26.8 Å². The van der Waals surface area contributed by atoms with Crippen molar-refractivity contribution in [1.82, 2.24) is 34.4 Å². The normalized spacial score (nSPS) is 31.4. The van der Waals surface area contributed by atoms with E-state index in [4.69, 9.17) is 15.2 Å². The molecule has 2 saturated heterocycles. The number of fused-ring (bicyclic) bond motifs is 3. The lowest BCUT2D eigenvalue weighted by atomic mass is 9.75. The predicted octanol–water partition coefficient (Wildman–Crippen LogP) is 2.79. The molecule has 0 radical (unpaired) electrons. The molecule has 41 heavy (non-hydrogen) atoms. The van der Waals surface area contributed by atoms with Crippen molar-refractivity contribution in [3.63, 3.8) is 0 Å². The van der Waals surface area contributed by atoms with Crippen LogP contribution in [0.3, 0.4) is 0 Å². The fraction of sp³-hybridized carbons (Fsp3) is 0.586. The lowest BCUT2D eigenvalue weighted by Gasteiger charge is -2.49. The van der Waals surface area contributed by atoms with Gasteiger partial charge in [0, 0.05) is 12.6 Å². The highest BCUT2D eigenvalue weighted by molar-refractivity contribution is 5.81. The summed E-state index contributed by atoms with van der Waals surface area (Å²) in [4.78, 5) is 22.9. The van der Waals surface area contributed by atoms with Crippen LogP contribution in [-0.4, -0.2) is 81.7 Å². The van der Waals surface area contributed by atoms with Gasteiger partial charge in [-0.15, -0.1) is 0 Å². The average molecular weight is 563 g/mol. The van der Waals surface area contributed by atoms with Crippen molar-refractivity contribution in [3.8, 4) is 0 Å². The molecule has 12 heteroatoms. The molecule has 3 fully saturated rings. The maximum absolute atomic E-state index is 11.1. The van der Waals surface area contributed by atoms with Gasteiger partial charge in [-0.3, -0.25) is 9.47 Å². The quantitative estimate of drug-likeness (QED) is 0.285. The number of nitrogens with zero attached hydrogens (tertiary/aromatic N) is 6. The monoisotopic (exact) mass is 562 g/mol. The summed E-state index contributed by atoms with van der Waals surface area (Å²) in [6.07, 6.45) is 2.46. The number of anilines is 1. The van der Waals surface area contributed by atoms with Gasteiger partial charge in [0.2, 0.25) is 0 Å². The number of nitrogen functional groups attached to an aromatic ring is 1. The zero-order valence-corrected chi connectivity index (χ0v) is 23.8. The summed E-state index contributed by atoms with van der Waals surface area (Å²) in [5.41, 5.74) is 10.1. The van der Waals surface area contributed by atoms with Crippen molar-refractivity contribution in [2.45, 2.75) is 95.3 Å². The molecule has 2 aliphatic heterocycles. The first-order chi connectivity index (χ1) is 19.6. The van der Waals surface area contributed by atoms with E-state index in [1.807, 2.05) is 13.0 Å². The van der Waals surface area contributed by atoms with Crippen LogP contribution in [0.2, 0.25) is 0 Å². The van der Waals surface area contributed by atoms with E-state index in [9.17, 15) is 10.2 Å². The Bertz CT molecular complexity index is 1570. The molecule has 3 aliphatic rings. The largest absolute Gasteiger partial charge is 0.386 e. The summed E-state index contributed by atoms with van der Waals surface area (Å²) in [5, 5.41) is 22.1. The molecule has 4 aromatic rings. The van der Waals surface area contributed by atoms with Gasteiger partial charge < -0.3 is 30.4 Å². The van der Waals surface area contributed by atoms with E-state index in [2.05, 4.69) is 62.7 Å². The summed E-state index contributed by atoms with van der Waals surface area (Å²) in [6, 6.07) is 6.60. The van der Waals surface area contributed by atoms with E-state index >= 15 is 0 Å². The molecule has 7 rings (SSSR count). The van der Waals surface area contributed by atoms with Gasteiger partial charge in [0.15, 0.2) is 17.7 Å². The molecule has 0 bridgehead atoms. The molecule has 218 valence electrons. The average Bonchev–Trinajstić information content (AvgIpc) is 3.61. The van der Waals surface area contributed by atoms with Crippen LogP contribution in [0.1, 0.15) is 70.7 Å². The number of aliphatic hydroxyl groups excluding tert-OH is 2. The number of hydrogen-bond acceptors (Lipinski definition) is 10. The van der Waals surface area contributed by atoms with Gasteiger partial charge >= 0.3 is 0 Å². The van der Waals surface area contributed by atoms with Crippen molar-refractivity contribution in [3.05, 3.63) is 42.2 Å². The summed E-state index contributed by atoms with van der Waals surface area (Å²) >= 11 is 0. The molecule has 5 heterocycles. The van der Waals surface area contributed by atoms with Crippen LogP contribution in [0.5, 0.6) is 0 Å². The van der Waals surface area contributed by atoms with Gasteiger partial charge in [-0.2, -0.15) is 0 Å². The second-order valence-corrected chi connectivity index (χ2v) is 12.9. The number of nitrogens with one attached hydrogen (secondary N) is 1. The maximum atomic E-state index is 11.1. The Hall–Kier alpha value is -3.16. The molecular formula is C29H38N8O4. The van der Waals surface area contributed by atoms with E-state index in [0.717, 1.165) is 23.9 Å². The smallest absolute Gasteiger partial charge is 0.167 e. The molecule has 5 N–H and O–H groups in total. The number of hydrogen-bond donors (Lipinski definition) is 4. The zero-order valence-electron chi connectivity index (χ0n) is 23.8. The van der Waals surface area contributed by atoms with Gasteiger partial charge in [0.1, 0.15) is 48.3 Å². The number of aromatic nitrogens is 6. The van der Waals surface area contributed by atoms with Gasteiger partial charge in [-0.05, 0) is 55.2 Å². The lowest BCUT2D eigenvalue weighted by Crippen LogP contribution is -2.59. The SMILES string of the molecule is CC1O[C@H]2[C@@H](O)[C@H](n3cnc4c(N)ncnc43)O[C@@H]2CN1C1CC(CC(O)c2nc3ccc(C(C)(C)C)cc3[nH]2)C1. The second kappa shape index (κ2) is 9.70. The number of imidazole rings is 2. The molecule has 6 atom stereocenters. The Morgan fingerprint density at radius 2 is 1.98 bits per heavy atom. The Balaban J connectivity index is 0.977. The van der Waals surface area contributed by atoms with Crippen LogP contribution in [-0.2, 0) is 14.9 Å². The zero-order chi connectivity index (χ0) is 28.6. The molecular weight excluding hydrogens is 524 g/mol. The van der Waals surface area contributed by atoms with Gasteiger partial charge in [-0.25, -0.2) is 19.9 Å². The highest BCUT2D eigenvalue weighted by atomic mass is 16.6. The highest BCUT2D eigenvalue weighted by Gasteiger charge is 2.52. The van der Waals surface area contributed by atoms with Crippen molar-refractivity contribution < 1.29 is 19.7 Å². The van der Waals surface area contributed by atoms with Crippen molar-refractivity contribution in [1.29, 1.82) is 0 Å². The summed E-state index contributed by atoms with van der Waals surface area (Å²) in [7, 11) is 0. The first-order valence-electron chi connectivity index (χ1n) is 14.4. The van der Waals surface area contributed by atoms with E-state index in [0.29, 0.717) is 41.9 Å². The number of nitrogens with two attached hydrogens (primary N) is 1. The van der Waals surface area contributed by atoms with Crippen LogP contribution in [0, 0.1) is 5.92 Å². The Kier molecular flexibility index (Phi) is 6.32. The molecule has 1 aromatic carbocycles. The number of aromatic amines is 1. The highest BCUT2D eigenvalue weighted by Crippen LogP contribution is 2.43. The molecule has 0 amide bonds. The summed E-state index contributed by atoms with van der Waals surface area (Å²) < 4.78 is 14.3. The first-order valence-corrected chi connectivity index (χ1v) is 14.4. The minimum absolute atomic E-state index is 0.0498. The van der Waals surface area contributed by atoms with Gasteiger partial charge in [0.05, 0.1) is 17.4 Å². The van der Waals surface area contributed by atoms with Crippen LogP contribution < -0.4 is 5.73 Å². The van der Waals surface area contributed by atoms with E-state index in [1.165, 1.54) is 11.9 Å². The third kappa shape index (κ3) is 4.58. The van der Waals surface area contributed by atoms with E-state index in [1.54, 1.807) is 10.9 Å². The molecule has 2 unspecified atom stereocenters. The Labute approximate surface area is 237 Å². The minimum atomic E-state index is -0.870. The number of benzene rings is 1. The van der Waals surface area contributed by atoms with Crippen molar-refractivity contribution in [2.75, 3.05) is 12.3 Å². The second-order valence-electron chi connectivity index (χ2n) is 12.9. The van der Waals surface area contributed by atoms with Crippen molar-refractivity contribution in [2.24, 2.45) is 5.92 Å². The molecule has 0 spiro atoms. The van der Waals surface area contributed by atoms with Crippen LogP contribution in [0.15, 0.2) is 30.9 Å². The third-order valence-corrected chi connectivity index (χ3v) is 9.10. The lowest BCUT2D eigenvalue weighted by molar-refractivity contribution is -0.200.